The Morgan fingerprint density at radius 3 is 2.73 bits per heavy atom. The van der Waals surface area contributed by atoms with E-state index in [0.717, 1.165) is 20.8 Å². The Hall–Kier alpha value is -2.97. The highest BCUT2D eigenvalue weighted by Crippen LogP contribution is 2.35. The molecule has 0 bridgehead atoms. The van der Waals surface area contributed by atoms with Gasteiger partial charge in [-0.3, -0.25) is 4.79 Å². The van der Waals surface area contributed by atoms with Gasteiger partial charge in [0.2, 0.25) is 0 Å². The number of carbonyl (C=O) groups is 1. The fraction of sp³-hybridized carbons (Fsp3) is 0.200. The van der Waals surface area contributed by atoms with Crippen molar-refractivity contribution < 1.29 is 9.28 Å². The third kappa shape index (κ3) is 4.60. The number of nitriles is 1. The molecule has 0 aromatic heterocycles. The second-order valence-electron chi connectivity index (χ2n) is 7.17. The number of amides is 1. The molecule has 0 saturated heterocycles. The summed E-state index contributed by atoms with van der Waals surface area (Å²) in [6.07, 6.45) is 2.84. The molecule has 3 aromatic carbocycles. The van der Waals surface area contributed by atoms with Gasteiger partial charge in [-0.15, -0.1) is 6.58 Å². The predicted octanol–water partition coefficient (Wildman–Crippen LogP) is 6.92. The van der Waals surface area contributed by atoms with Gasteiger partial charge in [-0.25, -0.2) is 0 Å². The van der Waals surface area contributed by atoms with Gasteiger partial charge in [0.15, 0.2) is 0 Å². The minimum absolute atomic E-state index is 0.00596. The summed E-state index contributed by atoms with van der Waals surface area (Å²) in [5.74, 6) is -0.861. The number of rotatable bonds is 7. The quantitative estimate of drug-likeness (QED) is 0.216. The summed E-state index contributed by atoms with van der Waals surface area (Å²) in [7, 11) is 0. The van der Waals surface area contributed by atoms with Crippen LogP contribution in [0.3, 0.4) is 0 Å². The van der Waals surface area contributed by atoms with Crippen LogP contribution < -0.4 is 0 Å². The second-order valence-corrected chi connectivity index (χ2v) is 8.09. The van der Waals surface area contributed by atoms with Gasteiger partial charge < -0.3 is 0 Å². The van der Waals surface area contributed by atoms with Gasteiger partial charge >= 0.3 is 0 Å². The van der Waals surface area contributed by atoms with E-state index in [0.29, 0.717) is 24.0 Å². The molecule has 1 atom stereocenters. The van der Waals surface area contributed by atoms with Gasteiger partial charge in [-0.2, -0.15) is 10.4 Å². The summed E-state index contributed by atoms with van der Waals surface area (Å²) in [5, 5.41) is 12.0. The van der Waals surface area contributed by atoms with E-state index in [4.69, 9.17) is 0 Å². The van der Waals surface area contributed by atoms with Crippen LogP contribution in [0.1, 0.15) is 52.7 Å². The predicted molar refractivity (Wildman–Crippen MR) is 122 cm³/mol. The van der Waals surface area contributed by atoms with Gasteiger partial charge in [0.25, 0.3) is 5.91 Å². The number of halogens is 2. The minimum atomic E-state index is -0.698. The van der Waals surface area contributed by atoms with Crippen LogP contribution in [0, 0.1) is 11.3 Å². The first kappa shape index (κ1) is 21.7. The average Bonchev–Trinajstić information content (AvgIpc) is 2.77. The van der Waals surface area contributed by atoms with E-state index in [1.54, 1.807) is 18.2 Å². The van der Waals surface area contributed by atoms with Crippen molar-refractivity contribution in [2.75, 3.05) is 6.54 Å². The zero-order valence-corrected chi connectivity index (χ0v) is 18.3. The Kier molecular flexibility index (Phi) is 7.02. The SMILES string of the molecule is C=CCCCN(F)C(=O)c1ccc(C#N)c(C(C)c2cc(Br)cc3ccccc23)c1. The van der Waals surface area contributed by atoms with Crippen molar-refractivity contribution in [1.29, 1.82) is 5.26 Å². The standard InChI is InChI=1S/C25H22BrFN2O/c1-3-4-7-12-29(27)25(30)19-10-11-20(16-28)23(14-19)17(2)24-15-21(26)13-18-8-5-6-9-22(18)24/h3,5-6,8-11,13-15,17H,1,4,7,12H2,2H3. The maximum Gasteiger partial charge on any atom is 0.281 e. The maximum absolute atomic E-state index is 14.3. The lowest BCUT2D eigenvalue weighted by molar-refractivity contribution is 0.0192. The molecule has 3 rings (SSSR count). The maximum atomic E-state index is 14.3. The average molecular weight is 465 g/mol. The van der Waals surface area contributed by atoms with Crippen molar-refractivity contribution >= 4 is 32.6 Å². The molecule has 30 heavy (non-hydrogen) atoms. The van der Waals surface area contributed by atoms with Crippen LogP contribution in [0.2, 0.25) is 0 Å². The molecule has 3 nitrogen and oxygen atoms in total. The van der Waals surface area contributed by atoms with Crippen molar-refractivity contribution in [1.82, 2.24) is 5.12 Å². The zero-order chi connectivity index (χ0) is 21.7. The summed E-state index contributed by atoms with van der Waals surface area (Å²) >= 11 is 3.56. The number of unbranched alkanes of at least 4 members (excludes halogenated alkanes) is 1. The first-order valence-electron chi connectivity index (χ1n) is 9.77. The van der Waals surface area contributed by atoms with Gasteiger partial charge in [-0.05, 0) is 65.1 Å². The highest BCUT2D eigenvalue weighted by atomic mass is 79.9. The van der Waals surface area contributed by atoms with Gasteiger partial charge in [0.1, 0.15) is 0 Å². The van der Waals surface area contributed by atoms with E-state index < -0.39 is 5.91 Å². The lowest BCUT2D eigenvalue weighted by atomic mass is 9.86. The molecule has 152 valence electrons. The molecule has 0 aliphatic carbocycles. The normalized spacial score (nSPS) is 11.7. The lowest BCUT2D eigenvalue weighted by Gasteiger charge is -2.19. The molecule has 5 heteroatoms. The molecular weight excluding hydrogens is 443 g/mol. The van der Waals surface area contributed by atoms with Crippen LogP contribution in [-0.2, 0) is 0 Å². The Bertz CT molecular complexity index is 1140. The summed E-state index contributed by atoms with van der Waals surface area (Å²) in [5.41, 5.74) is 2.44. The first-order chi connectivity index (χ1) is 14.5. The monoisotopic (exact) mass is 464 g/mol. The Balaban J connectivity index is 2.02. The fourth-order valence-corrected chi connectivity index (χ4v) is 4.09. The summed E-state index contributed by atoms with van der Waals surface area (Å²) in [6, 6.07) is 19.0. The van der Waals surface area contributed by atoms with Crippen molar-refractivity contribution in [3.05, 3.63) is 94.0 Å². The molecule has 0 spiro atoms. The number of hydrogen-bond donors (Lipinski definition) is 0. The molecule has 0 aliphatic rings. The topological polar surface area (TPSA) is 44.1 Å². The van der Waals surface area contributed by atoms with Crippen LogP contribution in [0.15, 0.2) is 71.7 Å². The van der Waals surface area contributed by atoms with Crippen LogP contribution in [0.25, 0.3) is 10.8 Å². The first-order valence-corrected chi connectivity index (χ1v) is 10.6. The highest BCUT2D eigenvalue weighted by Gasteiger charge is 2.21. The van der Waals surface area contributed by atoms with E-state index >= 15 is 0 Å². The highest BCUT2D eigenvalue weighted by molar-refractivity contribution is 9.10. The molecule has 1 amide bonds. The van der Waals surface area contributed by atoms with E-state index in [1.165, 1.54) is 6.07 Å². The molecule has 0 N–H and O–H groups in total. The molecule has 0 radical (unpaired) electrons. The Labute approximate surface area is 184 Å². The summed E-state index contributed by atoms with van der Waals surface area (Å²) in [4.78, 5) is 12.6. The summed E-state index contributed by atoms with van der Waals surface area (Å²) in [6.45, 7) is 5.61. The van der Waals surface area contributed by atoms with Crippen LogP contribution in [0.5, 0.6) is 0 Å². The lowest BCUT2D eigenvalue weighted by Crippen LogP contribution is -2.24. The molecule has 0 aliphatic heterocycles. The van der Waals surface area contributed by atoms with E-state index in [-0.39, 0.29) is 23.1 Å². The zero-order valence-electron chi connectivity index (χ0n) is 16.7. The fourth-order valence-electron chi connectivity index (χ4n) is 3.60. The molecule has 0 heterocycles. The number of allylic oxidation sites excluding steroid dienone is 1. The van der Waals surface area contributed by atoms with Crippen LogP contribution in [-0.4, -0.2) is 17.6 Å². The van der Waals surface area contributed by atoms with E-state index in [1.807, 2.05) is 43.3 Å². The third-order valence-corrected chi connectivity index (χ3v) is 5.65. The molecule has 0 saturated carbocycles. The van der Waals surface area contributed by atoms with E-state index in [9.17, 15) is 14.5 Å². The molecule has 1 unspecified atom stereocenters. The number of hydrogen-bond acceptors (Lipinski definition) is 2. The van der Waals surface area contributed by atoms with Crippen molar-refractivity contribution in [2.45, 2.75) is 25.7 Å². The van der Waals surface area contributed by atoms with Crippen molar-refractivity contribution in [2.24, 2.45) is 0 Å². The largest absolute Gasteiger partial charge is 0.281 e. The van der Waals surface area contributed by atoms with Crippen LogP contribution in [0.4, 0.5) is 4.48 Å². The van der Waals surface area contributed by atoms with E-state index in [2.05, 4.69) is 28.6 Å². The van der Waals surface area contributed by atoms with Crippen molar-refractivity contribution in [3.63, 3.8) is 0 Å². The number of benzene rings is 3. The smallest absolute Gasteiger partial charge is 0.266 e. The number of fused-ring (bicyclic) bond motifs is 1. The number of carbonyl (C=O) groups excluding carboxylic acids is 1. The Morgan fingerprint density at radius 1 is 1.23 bits per heavy atom. The molecular formula is C25H22BrFN2O. The van der Waals surface area contributed by atoms with Crippen molar-refractivity contribution in [3.8, 4) is 6.07 Å². The van der Waals surface area contributed by atoms with Gasteiger partial charge in [-0.1, -0.05) is 57.7 Å². The number of nitrogens with zero attached hydrogens (tertiary/aromatic N) is 2. The molecule has 0 fully saturated rings. The van der Waals surface area contributed by atoms with Gasteiger partial charge in [0, 0.05) is 16.0 Å². The summed E-state index contributed by atoms with van der Waals surface area (Å²) < 4.78 is 15.2. The Morgan fingerprint density at radius 2 is 2.00 bits per heavy atom. The molecule has 3 aromatic rings. The minimum Gasteiger partial charge on any atom is -0.266 e. The van der Waals surface area contributed by atoms with Crippen LogP contribution >= 0.6 is 15.9 Å². The second kappa shape index (κ2) is 9.69. The third-order valence-electron chi connectivity index (χ3n) is 5.19. The van der Waals surface area contributed by atoms with Gasteiger partial charge in [0.05, 0.1) is 18.2 Å².